The minimum Gasteiger partial charge on any atom is -0.497 e. The second-order valence-electron chi connectivity index (χ2n) is 6.21. The van der Waals surface area contributed by atoms with Gasteiger partial charge in [0.1, 0.15) is 5.75 Å². The number of amides is 1. The molecule has 1 amide bonds. The van der Waals surface area contributed by atoms with Gasteiger partial charge in [0.2, 0.25) is 5.91 Å². The summed E-state index contributed by atoms with van der Waals surface area (Å²) in [5.74, 6) is 0.758. The highest BCUT2D eigenvalue weighted by Gasteiger charge is 2.35. The van der Waals surface area contributed by atoms with Crippen LogP contribution in [0.25, 0.3) is 0 Å². The maximum absolute atomic E-state index is 12.7. The Morgan fingerprint density at radius 1 is 1.38 bits per heavy atom. The molecule has 0 unspecified atom stereocenters. The highest BCUT2D eigenvalue weighted by Crippen LogP contribution is 2.34. The first-order valence-electron chi connectivity index (χ1n) is 8.10. The van der Waals surface area contributed by atoms with Gasteiger partial charge in [-0.15, -0.1) is 0 Å². The fourth-order valence-corrected chi connectivity index (χ4v) is 3.13. The third-order valence-electron chi connectivity index (χ3n) is 4.41. The predicted octanol–water partition coefficient (Wildman–Crippen LogP) is 2.28. The van der Waals surface area contributed by atoms with Crippen molar-refractivity contribution in [3.8, 4) is 5.75 Å². The van der Waals surface area contributed by atoms with Gasteiger partial charge in [-0.05, 0) is 42.7 Å². The molecule has 2 atom stereocenters. The van der Waals surface area contributed by atoms with Gasteiger partial charge >= 0.3 is 0 Å². The smallest absolute Gasteiger partial charge is 0.227 e. The van der Waals surface area contributed by atoms with Gasteiger partial charge in [0.25, 0.3) is 0 Å². The summed E-state index contributed by atoms with van der Waals surface area (Å²) in [6, 6.07) is 11.4. The Labute approximate surface area is 141 Å². The molecule has 1 aromatic heterocycles. The second-order valence-corrected chi connectivity index (χ2v) is 6.21. The van der Waals surface area contributed by atoms with Crippen molar-refractivity contribution < 1.29 is 14.6 Å². The number of aromatic nitrogens is 1. The van der Waals surface area contributed by atoms with Crippen molar-refractivity contribution in [3.63, 3.8) is 0 Å². The number of aliphatic hydroxyl groups is 1. The number of rotatable bonds is 4. The van der Waals surface area contributed by atoms with Gasteiger partial charge in [-0.3, -0.25) is 9.78 Å². The van der Waals surface area contributed by atoms with Crippen LogP contribution in [0.2, 0.25) is 0 Å². The number of methoxy groups -OCH3 is 1. The Bertz CT molecular complexity index is 715. The summed E-state index contributed by atoms with van der Waals surface area (Å²) in [5.41, 5.74) is 2.80. The molecule has 0 radical (unpaired) electrons. The number of carbonyl (C=O) groups is 1. The molecule has 1 aliphatic heterocycles. The van der Waals surface area contributed by atoms with Crippen molar-refractivity contribution in [2.75, 3.05) is 13.7 Å². The minimum atomic E-state index is -0.499. The normalized spacial score (nSPS) is 20.2. The molecule has 2 heterocycles. The summed E-state index contributed by atoms with van der Waals surface area (Å²) < 4.78 is 5.27. The van der Waals surface area contributed by atoms with E-state index in [4.69, 9.17) is 4.74 Å². The Hall–Kier alpha value is -2.40. The van der Waals surface area contributed by atoms with E-state index in [1.54, 1.807) is 18.2 Å². The molecule has 24 heavy (non-hydrogen) atoms. The molecular weight excluding hydrogens is 304 g/mol. The standard InChI is InChI=1S/C19H22N2O3/c1-13-6-7-14(11-20-13)8-19(23)21-12-16(22)10-18(21)15-4-3-5-17(9-15)24-2/h3-7,9,11,16,18,22H,8,10,12H2,1-2H3/t16-,18+/m1/s1. The van der Waals surface area contributed by atoms with Gasteiger partial charge in [-0.25, -0.2) is 0 Å². The summed E-state index contributed by atoms with van der Waals surface area (Å²) in [6.07, 6.45) is 2.08. The van der Waals surface area contributed by atoms with Crippen molar-refractivity contribution in [2.45, 2.75) is 31.9 Å². The van der Waals surface area contributed by atoms with Crippen LogP contribution in [0.1, 0.15) is 29.3 Å². The topological polar surface area (TPSA) is 62.7 Å². The highest BCUT2D eigenvalue weighted by atomic mass is 16.5. The molecule has 5 nitrogen and oxygen atoms in total. The van der Waals surface area contributed by atoms with Crippen molar-refractivity contribution in [3.05, 3.63) is 59.4 Å². The summed E-state index contributed by atoms with van der Waals surface area (Å²) >= 11 is 0. The number of carbonyl (C=O) groups excluding carboxylic acids is 1. The summed E-state index contributed by atoms with van der Waals surface area (Å²) in [5, 5.41) is 10.1. The Morgan fingerprint density at radius 3 is 2.92 bits per heavy atom. The van der Waals surface area contributed by atoms with E-state index in [0.717, 1.165) is 22.6 Å². The third kappa shape index (κ3) is 3.57. The number of likely N-dealkylation sites (tertiary alicyclic amines) is 1. The van der Waals surface area contributed by atoms with E-state index >= 15 is 0 Å². The Balaban J connectivity index is 1.79. The molecule has 1 aliphatic rings. The zero-order valence-corrected chi connectivity index (χ0v) is 14.0. The first-order chi connectivity index (χ1) is 11.6. The van der Waals surface area contributed by atoms with Crippen LogP contribution in [0.4, 0.5) is 0 Å². The molecule has 3 rings (SSSR count). The SMILES string of the molecule is COc1cccc([C@@H]2C[C@@H](O)CN2C(=O)Cc2ccc(C)nc2)c1. The zero-order chi connectivity index (χ0) is 17.1. The van der Waals surface area contributed by atoms with Gasteiger partial charge < -0.3 is 14.7 Å². The number of nitrogens with zero attached hydrogens (tertiary/aromatic N) is 2. The van der Waals surface area contributed by atoms with E-state index in [0.29, 0.717) is 19.4 Å². The number of pyridine rings is 1. The lowest BCUT2D eigenvalue weighted by Crippen LogP contribution is -2.33. The van der Waals surface area contributed by atoms with E-state index in [9.17, 15) is 9.90 Å². The second kappa shape index (κ2) is 7.01. The van der Waals surface area contributed by atoms with Crippen molar-refractivity contribution >= 4 is 5.91 Å². The van der Waals surface area contributed by atoms with Gasteiger partial charge in [-0.2, -0.15) is 0 Å². The van der Waals surface area contributed by atoms with Crippen LogP contribution in [0, 0.1) is 6.92 Å². The van der Waals surface area contributed by atoms with E-state index in [1.165, 1.54) is 0 Å². The number of hydrogen-bond donors (Lipinski definition) is 1. The average molecular weight is 326 g/mol. The summed E-state index contributed by atoms with van der Waals surface area (Å²) in [6.45, 7) is 2.28. The molecule has 0 bridgehead atoms. The number of hydrogen-bond acceptors (Lipinski definition) is 4. The van der Waals surface area contributed by atoms with Gasteiger partial charge in [0.15, 0.2) is 0 Å². The van der Waals surface area contributed by atoms with Crippen LogP contribution >= 0.6 is 0 Å². The quantitative estimate of drug-likeness (QED) is 0.936. The molecule has 0 aliphatic carbocycles. The van der Waals surface area contributed by atoms with Crippen LogP contribution in [-0.2, 0) is 11.2 Å². The van der Waals surface area contributed by atoms with Gasteiger partial charge in [0, 0.05) is 18.4 Å². The maximum atomic E-state index is 12.7. The molecule has 1 N–H and O–H groups in total. The van der Waals surface area contributed by atoms with E-state index in [1.807, 2.05) is 43.3 Å². The van der Waals surface area contributed by atoms with E-state index < -0.39 is 6.10 Å². The van der Waals surface area contributed by atoms with Crippen LogP contribution in [0.15, 0.2) is 42.6 Å². The average Bonchev–Trinajstić information content (AvgIpc) is 2.99. The Kier molecular flexibility index (Phi) is 4.81. The van der Waals surface area contributed by atoms with E-state index in [2.05, 4.69) is 4.98 Å². The first-order valence-corrected chi connectivity index (χ1v) is 8.10. The molecular formula is C19H22N2O3. The minimum absolute atomic E-state index is 0.00465. The maximum Gasteiger partial charge on any atom is 0.227 e. The van der Waals surface area contributed by atoms with Crippen molar-refractivity contribution in [2.24, 2.45) is 0 Å². The monoisotopic (exact) mass is 326 g/mol. The van der Waals surface area contributed by atoms with Crippen molar-refractivity contribution in [1.29, 1.82) is 0 Å². The van der Waals surface area contributed by atoms with Crippen LogP contribution in [0.5, 0.6) is 5.75 Å². The number of ether oxygens (including phenoxy) is 1. The Morgan fingerprint density at radius 2 is 2.21 bits per heavy atom. The molecule has 1 saturated heterocycles. The lowest BCUT2D eigenvalue weighted by Gasteiger charge is -2.25. The zero-order valence-electron chi connectivity index (χ0n) is 14.0. The van der Waals surface area contributed by atoms with Crippen LogP contribution in [-0.4, -0.2) is 40.7 Å². The molecule has 0 saturated carbocycles. The summed E-state index contributed by atoms with van der Waals surface area (Å²) in [7, 11) is 1.62. The fraction of sp³-hybridized carbons (Fsp3) is 0.368. The molecule has 2 aromatic rings. The van der Waals surface area contributed by atoms with Gasteiger partial charge in [0.05, 0.1) is 25.7 Å². The lowest BCUT2D eigenvalue weighted by molar-refractivity contribution is -0.131. The van der Waals surface area contributed by atoms with Crippen LogP contribution in [0.3, 0.4) is 0 Å². The highest BCUT2D eigenvalue weighted by molar-refractivity contribution is 5.79. The number of benzene rings is 1. The fourth-order valence-electron chi connectivity index (χ4n) is 3.13. The van der Waals surface area contributed by atoms with Crippen LogP contribution < -0.4 is 4.74 Å². The largest absolute Gasteiger partial charge is 0.497 e. The molecule has 1 aromatic carbocycles. The van der Waals surface area contributed by atoms with E-state index in [-0.39, 0.29) is 11.9 Å². The number of β-amino-alcohol motifs (C(OH)–C–C–N with tert-alkyl or cyclic N) is 1. The van der Waals surface area contributed by atoms with Gasteiger partial charge in [-0.1, -0.05) is 18.2 Å². The lowest BCUT2D eigenvalue weighted by atomic mass is 10.0. The molecule has 0 spiro atoms. The van der Waals surface area contributed by atoms with Crippen molar-refractivity contribution in [1.82, 2.24) is 9.88 Å². The first kappa shape index (κ1) is 16.5. The molecule has 126 valence electrons. The summed E-state index contributed by atoms with van der Waals surface area (Å²) in [4.78, 5) is 18.7. The molecule has 5 heteroatoms. The number of aliphatic hydroxyl groups excluding tert-OH is 1. The number of aryl methyl sites for hydroxylation is 1. The third-order valence-corrected chi connectivity index (χ3v) is 4.41. The molecule has 1 fully saturated rings. The predicted molar refractivity (Wildman–Crippen MR) is 90.7 cm³/mol.